The molecule has 0 saturated heterocycles. The number of methoxy groups -OCH3 is 2. The summed E-state index contributed by atoms with van der Waals surface area (Å²) in [4.78, 5) is 3.98. The lowest BCUT2D eigenvalue weighted by Crippen LogP contribution is -2.34. The first kappa shape index (κ1) is 8.79. The Bertz CT molecular complexity index is 193. The van der Waals surface area contributed by atoms with Gasteiger partial charge in [-0.3, -0.25) is 0 Å². The van der Waals surface area contributed by atoms with E-state index in [0.29, 0.717) is 6.02 Å². The van der Waals surface area contributed by atoms with Gasteiger partial charge in [-0.15, -0.1) is 0 Å². The summed E-state index contributed by atoms with van der Waals surface area (Å²) in [7, 11) is 3.22. The summed E-state index contributed by atoms with van der Waals surface area (Å²) in [6.45, 7) is 0. The third-order valence-corrected chi connectivity index (χ3v) is 2.23. The normalized spacial score (nSPS) is 23.4. The number of hydrogen-bond donors (Lipinski definition) is 0. The van der Waals surface area contributed by atoms with Gasteiger partial charge < -0.3 is 9.47 Å². The van der Waals surface area contributed by atoms with Crippen LogP contribution in [0.2, 0.25) is 0 Å². The van der Waals surface area contributed by atoms with Crippen molar-refractivity contribution in [2.24, 2.45) is 4.99 Å². The summed E-state index contributed by atoms with van der Waals surface area (Å²) in [5.74, 6) is 0. The SMILES string of the molecule is COC1=NC=CC(OC)N1I. The first-order valence-electron chi connectivity index (χ1n) is 3.06. The van der Waals surface area contributed by atoms with Gasteiger partial charge in [-0.1, -0.05) is 0 Å². The highest BCUT2D eigenvalue weighted by Crippen LogP contribution is 2.14. The van der Waals surface area contributed by atoms with Gasteiger partial charge in [0.25, 0.3) is 0 Å². The summed E-state index contributed by atoms with van der Waals surface area (Å²) >= 11 is 2.08. The van der Waals surface area contributed by atoms with E-state index >= 15 is 0 Å². The molecule has 0 saturated carbocycles. The van der Waals surface area contributed by atoms with E-state index in [1.54, 1.807) is 23.5 Å². The molecule has 1 aliphatic heterocycles. The van der Waals surface area contributed by atoms with E-state index in [2.05, 4.69) is 27.9 Å². The molecular formula is C6H9IN2O2. The van der Waals surface area contributed by atoms with Crippen molar-refractivity contribution in [1.29, 1.82) is 0 Å². The second-order valence-corrected chi connectivity index (χ2v) is 2.93. The van der Waals surface area contributed by atoms with E-state index in [1.807, 2.05) is 6.08 Å². The molecular weight excluding hydrogens is 259 g/mol. The van der Waals surface area contributed by atoms with E-state index in [-0.39, 0.29) is 6.23 Å². The second kappa shape index (κ2) is 3.91. The van der Waals surface area contributed by atoms with E-state index in [1.165, 1.54) is 0 Å². The first-order chi connectivity index (χ1) is 5.29. The van der Waals surface area contributed by atoms with Gasteiger partial charge in [0.15, 0.2) is 6.23 Å². The predicted octanol–water partition coefficient (Wildman–Crippen LogP) is 1.14. The molecule has 0 aromatic rings. The number of rotatable bonds is 1. The first-order valence-corrected chi connectivity index (χ1v) is 4.02. The maximum absolute atomic E-state index is 5.11. The predicted molar refractivity (Wildman–Crippen MR) is 50.2 cm³/mol. The highest BCUT2D eigenvalue weighted by atomic mass is 127. The fraction of sp³-hybridized carbons (Fsp3) is 0.500. The maximum Gasteiger partial charge on any atom is 0.303 e. The molecule has 0 radical (unpaired) electrons. The highest BCUT2D eigenvalue weighted by Gasteiger charge is 2.19. The smallest absolute Gasteiger partial charge is 0.303 e. The van der Waals surface area contributed by atoms with Crippen LogP contribution in [0.1, 0.15) is 0 Å². The summed E-state index contributed by atoms with van der Waals surface area (Å²) in [5.41, 5.74) is 0. The minimum absolute atomic E-state index is 0.0805. The Kier molecular flexibility index (Phi) is 3.13. The zero-order chi connectivity index (χ0) is 8.27. The van der Waals surface area contributed by atoms with Gasteiger partial charge in [0, 0.05) is 13.3 Å². The van der Waals surface area contributed by atoms with Crippen molar-refractivity contribution in [3.05, 3.63) is 12.3 Å². The molecule has 0 aromatic heterocycles. The molecule has 4 nitrogen and oxygen atoms in total. The molecule has 11 heavy (non-hydrogen) atoms. The topological polar surface area (TPSA) is 34.1 Å². The van der Waals surface area contributed by atoms with Crippen molar-refractivity contribution in [2.75, 3.05) is 14.2 Å². The molecule has 5 heteroatoms. The number of ether oxygens (including phenoxy) is 2. The summed E-state index contributed by atoms with van der Waals surface area (Å²) in [6, 6.07) is 0.556. The Balaban J connectivity index is 2.68. The van der Waals surface area contributed by atoms with Crippen LogP contribution in [0.3, 0.4) is 0 Å². The molecule has 1 aliphatic rings. The van der Waals surface area contributed by atoms with E-state index < -0.39 is 0 Å². The Morgan fingerprint density at radius 1 is 1.64 bits per heavy atom. The molecule has 0 spiro atoms. The number of nitrogens with zero attached hydrogens (tertiary/aromatic N) is 2. The van der Waals surface area contributed by atoms with Crippen LogP contribution in [0.4, 0.5) is 0 Å². The molecule has 0 bridgehead atoms. The number of hydrogen-bond acceptors (Lipinski definition) is 4. The second-order valence-electron chi connectivity index (χ2n) is 1.89. The van der Waals surface area contributed by atoms with Crippen LogP contribution < -0.4 is 0 Å². The summed E-state index contributed by atoms with van der Waals surface area (Å²) in [6.07, 6.45) is 3.43. The summed E-state index contributed by atoms with van der Waals surface area (Å²) in [5, 5.41) is 0. The van der Waals surface area contributed by atoms with Gasteiger partial charge in [-0.05, 0) is 6.08 Å². The lowest BCUT2D eigenvalue weighted by Gasteiger charge is -2.25. The largest absolute Gasteiger partial charge is 0.468 e. The highest BCUT2D eigenvalue weighted by molar-refractivity contribution is 14.1. The Morgan fingerprint density at radius 2 is 2.36 bits per heavy atom. The van der Waals surface area contributed by atoms with Gasteiger partial charge in [-0.25, -0.2) is 8.11 Å². The van der Waals surface area contributed by atoms with E-state index in [9.17, 15) is 0 Å². The molecule has 0 aliphatic carbocycles. The van der Waals surface area contributed by atoms with Crippen molar-refractivity contribution in [2.45, 2.75) is 6.23 Å². The van der Waals surface area contributed by atoms with E-state index in [4.69, 9.17) is 9.47 Å². The molecule has 0 fully saturated rings. The van der Waals surface area contributed by atoms with Crippen molar-refractivity contribution >= 4 is 28.9 Å². The van der Waals surface area contributed by atoms with Crippen LogP contribution >= 0.6 is 22.9 Å². The maximum atomic E-state index is 5.11. The average Bonchev–Trinajstić information content (AvgIpc) is 2.05. The van der Waals surface area contributed by atoms with Gasteiger partial charge >= 0.3 is 6.02 Å². The third-order valence-electron chi connectivity index (χ3n) is 1.27. The Hall–Kier alpha value is -0.300. The monoisotopic (exact) mass is 268 g/mol. The van der Waals surface area contributed by atoms with Gasteiger partial charge in [0.1, 0.15) is 0 Å². The average molecular weight is 268 g/mol. The van der Waals surface area contributed by atoms with Crippen LogP contribution in [-0.4, -0.2) is 29.6 Å². The van der Waals surface area contributed by atoms with Crippen LogP contribution in [0.25, 0.3) is 0 Å². The lowest BCUT2D eigenvalue weighted by molar-refractivity contribution is 0.0843. The zero-order valence-electron chi connectivity index (χ0n) is 6.32. The molecule has 0 aromatic carbocycles. The van der Waals surface area contributed by atoms with Crippen molar-refractivity contribution < 1.29 is 9.47 Å². The fourth-order valence-electron chi connectivity index (χ4n) is 0.731. The molecule has 1 rings (SSSR count). The van der Waals surface area contributed by atoms with Crippen molar-refractivity contribution in [3.63, 3.8) is 0 Å². The molecule has 1 unspecified atom stereocenters. The Morgan fingerprint density at radius 3 is 2.91 bits per heavy atom. The minimum atomic E-state index is -0.0805. The van der Waals surface area contributed by atoms with Crippen molar-refractivity contribution in [3.8, 4) is 0 Å². The molecule has 62 valence electrons. The lowest BCUT2D eigenvalue weighted by atomic mass is 10.5. The molecule has 0 N–H and O–H groups in total. The van der Waals surface area contributed by atoms with Crippen LogP contribution in [0, 0.1) is 0 Å². The van der Waals surface area contributed by atoms with Crippen LogP contribution in [-0.2, 0) is 9.47 Å². The third kappa shape index (κ3) is 1.84. The number of aliphatic imine (C=N–C) groups is 1. The van der Waals surface area contributed by atoms with Crippen LogP contribution in [0.5, 0.6) is 0 Å². The van der Waals surface area contributed by atoms with E-state index in [0.717, 1.165) is 0 Å². The number of halogens is 1. The quantitative estimate of drug-likeness (QED) is 0.528. The van der Waals surface area contributed by atoms with Gasteiger partial charge in [0.2, 0.25) is 0 Å². The summed E-state index contributed by atoms with van der Waals surface area (Å²) < 4.78 is 11.9. The molecule has 1 atom stereocenters. The van der Waals surface area contributed by atoms with Crippen molar-refractivity contribution in [1.82, 2.24) is 3.11 Å². The van der Waals surface area contributed by atoms with Crippen LogP contribution in [0.15, 0.2) is 17.3 Å². The zero-order valence-corrected chi connectivity index (χ0v) is 8.48. The van der Waals surface area contributed by atoms with Gasteiger partial charge in [0.05, 0.1) is 30.0 Å². The Labute approximate surface area is 79.4 Å². The molecule has 1 heterocycles. The minimum Gasteiger partial charge on any atom is -0.468 e. The van der Waals surface area contributed by atoms with Gasteiger partial charge in [-0.2, -0.15) is 0 Å². The molecule has 0 amide bonds. The fourth-order valence-corrected chi connectivity index (χ4v) is 1.47. The number of amidine groups is 1. The standard InChI is InChI=1S/C6H9IN2O2/c1-10-5-3-4-8-6(11-2)9(5)7/h3-5H,1-2H3.